The van der Waals surface area contributed by atoms with E-state index in [1.54, 1.807) is 37.3 Å². The Morgan fingerprint density at radius 3 is 2.52 bits per heavy atom. The summed E-state index contributed by atoms with van der Waals surface area (Å²) < 4.78 is 5.65. The number of hydrogen-bond acceptors (Lipinski definition) is 3. The molecule has 0 aliphatic carbocycles. The number of carboxylic acid groups (broad SMARTS) is 1. The van der Waals surface area contributed by atoms with Gasteiger partial charge in [0.2, 0.25) is 5.91 Å². The minimum Gasteiger partial charge on any atom is -0.489 e. The van der Waals surface area contributed by atoms with Crippen LogP contribution in [-0.4, -0.2) is 17.0 Å². The molecule has 0 spiro atoms. The van der Waals surface area contributed by atoms with Crippen molar-refractivity contribution in [3.8, 4) is 5.75 Å². The molecule has 2 rings (SSSR count). The fourth-order valence-corrected chi connectivity index (χ4v) is 1.99. The zero-order valence-electron chi connectivity index (χ0n) is 11.5. The highest BCUT2D eigenvalue weighted by atomic mass is 16.5. The van der Waals surface area contributed by atoms with Crippen molar-refractivity contribution in [1.29, 1.82) is 0 Å². The number of carbonyl (C=O) groups is 2. The molecule has 0 aliphatic rings. The number of carbonyl (C=O) groups excluding carboxylic acids is 1. The third-order valence-corrected chi connectivity index (χ3v) is 3.09. The third kappa shape index (κ3) is 3.39. The van der Waals surface area contributed by atoms with Gasteiger partial charge in [-0.05, 0) is 36.8 Å². The van der Waals surface area contributed by atoms with Crippen molar-refractivity contribution in [3.63, 3.8) is 0 Å². The normalized spacial score (nSPS) is 10.1. The number of carboxylic acids is 1. The minimum atomic E-state index is -0.983. The van der Waals surface area contributed by atoms with E-state index in [-0.39, 0.29) is 12.2 Å². The number of ether oxygens (including phenoxy) is 1. The summed E-state index contributed by atoms with van der Waals surface area (Å²) in [7, 11) is 0. The predicted octanol–water partition coefficient (Wildman–Crippen LogP) is 2.37. The molecule has 2 aromatic rings. The van der Waals surface area contributed by atoms with Crippen LogP contribution in [0.2, 0.25) is 0 Å². The standard InChI is InChI=1S/C16H15NO4/c1-10-8-11(16(19)20)6-7-14(10)21-9-12-4-2-3-5-13(12)15(17)18/h2-8H,9H2,1H3,(H2,17,18)(H,19,20). The first-order valence-electron chi connectivity index (χ1n) is 6.33. The molecule has 108 valence electrons. The number of aromatic carboxylic acids is 1. The zero-order valence-corrected chi connectivity index (χ0v) is 11.5. The predicted molar refractivity (Wildman–Crippen MR) is 77.4 cm³/mol. The second kappa shape index (κ2) is 6.09. The van der Waals surface area contributed by atoms with Crippen LogP contribution in [0.15, 0.2) is 42.5 Å². The summed E-state index contributed by atoms with van der Waals surface area (Å²) in [6.45, 7) is 1.95. The lowest BCUT2D eigenvalue weighted by Crippen LogP contribution is -2.14. The molecule has 0 fully saturated rings. The number of nitrogens with two attached hydrogens (primary N) is 1. The van der Waals surface area contributed by atoms with Crippen molar-refractivity contribution < 1.29 is 19.4 Å². The van der Waals surface area contributed by atoms with Crippen LogP contribution in [-0.2, 0) is 6.61 Å². The van der Waals surface area contributed by atoms with Gasteiger partial charge in [0.05, 0.1) is 5.56 Å². The van der Waals surface area contributed by atoms with Gasteiger partial charge in [-0.15, -0.1) is 0 Å². The van der Waals surface area contributed by atoms with Crippen LogP contribution in [0.5, 0.6) is 5.75 Å². The topological polar surface area (TPSA) is 89.6 Å². The number of primary amides is 1. The SMILES string of the molecule is Cc1cc(C(=O)O)ccc1OCc1ccccc1C(N)=O. The average Bonchev–Trinajstić information content (AvgIpc) is 2.46. The maximum Gasteiger partial charge on any atom is 0.335 e. The van der Waals surface area contributed by atoms with Crippen molar-refractivity contribution in [2.24, 2.45) is 5.73 Å². The molecule has 3 N–H and O–H groups in total. The monoisotopic (exact) mass is 285 g/mol. The van der Waals surface area contributed by atoms with E-state index in [1.165, 1.54) is 12.1 Å². The lowest BCUT2D eigenvalue weighted by Gasteiger charge is -2.11. The maximum atomic E-state index is 11.3. The summed E-state index contributed by atoms with van der Waals surface area (Å²) in [5, 5.41) is 8.91. The molecule has 0 aromatic heterocycles. The Morgan fingerprint density at radius 1 is 1.19 bits per heavy atom. The molecular formula is C16H15NO4. The second-order valence-electron chi connectivity index (χ2n) is 4.60. The van der Waals surface area contributed by atoms with Crippen molar-refractivity contribution >= 4 is 11.9 Å². The number of amides is 1. The van der Waals surface area contributed by atoms with E-state index in [0.717, 1.165) is 0 Å². The molecule has 1 amide bonds. The van der Waals surface area contributed by atoms with Crippen molar-refractivity contribution in [2.45, 2.75) is 13.5 Å². The first-order chi connectivity index (χ1) is 9.99. The molecule has 0 unspecified atom stereocenters. The van der Waals surface area contributed by atoms with Crippen molar-refractivity contribution in [2.75, 3.05) is 0 Å². The van der Waals surface area contributed by atoms with Gasteiger partial charge in [-0.1, -0.05) is 18.2 Å². The Morgan fingerprint density at radius 2 is 1.90 bits per heavy atom. The van der Waals surface area contributed by atoms with Crippen LogP contribution in [0.1, 0.15) is 31.8 Å². The van der Waals surface area contributed by atoms with Crippen molar-refractivity contribution in [1.82, 2.24) is 0 Å². The summed E-state index contributed by atoms with van der Waals surface area (Å²) in [5.74, 6) is -0.921. The molecule has 5 nitrogen and oxygen atoms in total. The molecule has 0 radical (unpaired) electrons. The fourth-order valence-electron chi connectivity index (χ4n) is 1.99. The Kier molecular flexibility index (Phi) is 4.23. The Bertz CT molecular complexity index is 694. The van der Waals surface area contributed by atoms with Crippen LogP contribution < -0.4 is 10.5 Å². The maximum absolute atomic E-state index is 11.3. The van der Waals surface area contributed by atoms with Gasteiger partial charge in [0.15, 0.2) is 0 Å². The van der Waals surface area contributed by atoms with Crippen LogP contribution in [0.4, 0.5) is 0 Å². The van der Waals surface area contributed by atoms with Gasteiger partial charge in [-0.3, -0.25) is 4.79 Å². The van der Waals surface area contributed by atoms with Crippen LogP contribution in [0, 0.1) is 6.92 Å². The van der Waals surface area contributed by atoms with Crippen LogP contribution in [0.3, 0.4) is 0 Å². The molecule has 0 aliphatic heterocycles. The van der Waals surface area contributed by atoms with Crippen molar-refractivity contribution in [3.05, 3.63) is 64.7 Å². The molecule has 0 saturated heterocycles. The number of rotatable bonds is 5. The number of benzene rings is 2. The molecule has 0 bridgehead atoms. The first-order valence-corrected chi connectivity index (χ1v) is 6.33. The average molecular weight is 285 g/mol. The highest BCUT2D eigenvalue weighted by Crippen LogP contribution is 2.21. The number of hydrogen-bond donors (Lipinski definition) is 2. The Labute approximate surface area is 122 Å². The van der Waals surface area contributed by atoms with E-state index in [1.807, 2.05) is 0 Å². The van der Waals surface area contributed by atoms with Gasteiger partial charge in [0.1, 0.15) is 12.4 Å². The molecule has 0 saturated carbocycles. The van der Waals surface area contributed by atoms with Gasteiger partial charge >= 0.3 is 5.97 Å². The highest BCUT2D eigenvalue weighted by Gasteiger charge is 2.10. The van der Waals surface area contributed by atoms with Gasteiger partial charge < -0.3 is 15.6 Å². The fraction of sp³-hybridized carbons (Fsp3) is 0.125. The molecule has 21 heavy (non-hydrogen) atoms. The van der Waals surface area contributed by atoms with Crippen LogP contribution >= 0.6 is 0 Å². The largest absolute Gasteiger partial charge is 0.489 e. The van der Waals surface area contributed by atoms with Gasteiger partial charge in [0.25, 0.3) is 0 Å². The molecule has 0 atom stereocenters. The highest BCUT2D eigenvalue weighted by molar-refractivity contribution is 5.94. The molecule has 0 heterocycles. The van der Waals surface area contributed by atoms with E-state index < -0.39 is 11.9 Å². The smallest absolute Gasteiger partial charge is 0.335 e. The lowest BCUT2D eigenvalue weighted by atomic mass is 10.1. The van der Waals surface area contributed by atoms with E-state index >= 15 is 0 Å². The summed E-state index contributed by atoms with van der Waals surface area (Å²) in [6.07, 6.45) is 0. The molecule has 5 heteroatoms. The van der Waals surface area contributed by atoms with Gasteiger partial charge in [-0.2, -0.15) is 0 Å². The summed E-state index contributed by atoms with van der Waals surface area (Å²) in [5.41, 5.74) is 7.33. The van der Waals surface area contributed by atoms with E-state index in [2.05, 4.69) is 0 Å². The zero-order chi connectivity index (χ0) is 15.4. The quantitative estimate of drug-likeness (QED) is 0.882. The van der Waals surface area contributed by atoms with Gasteiger partial charge in [-0.25, -0.2) is 4.79 Å². The Balaban J connectivity index is 2.17. The summed E-state index contributed by atoms with van der Waals surface area (Å²) >= 11 is 0. The second-order valence-corrected chi connectivity index (χ2v) is 4.60. The van der Waals surface area contributed by atoms with E-state index in [4.69, 9.17) is 15.6 Å². The molecular weight excluding hydrogens is 270 g/mol. The Hall–Kier alpha value is -2.82. The summed E-state index contributed by atoms with van der Waals surface area (Å²) in [4.78, 5) is 22.2. The van der Waals surface area contributed by atoms with E-state index in [0.29, 0.717) is 22.4 Å². The van der Waals surface area contributed by atoms with Crippen LogP contribution in [0.25, 0.3) is 0 Å². The molecule has 2 aromatic carbocycles. The third-order valence-electron chi connectivity index (χ3n) is 3.09. The minimum absolute atomic E-state index is 0.187. The van der Waals surface area contributed by atoms with E-state index in [9.17, 15) is 9.59 Å². The lowest BCUT2D eigenvalue weighted by molar-refractivity contribution is 0.0696. The van der Waals surface area contributed by atoms with Gasteiger partial charge in [0, 0.05) is 11.1 Å². The first kappa shape index (κ1) is 14.6. The summed E-state index contributed by atoms with van der Waals surface area (Å²) in [6, 6.07) is 11.6. The number of aryl methyl sites for hydroxylation is 1.